The SMILES string of the molecule is CN(CC1Cc2ccccc2CO1)S(=O)(=O)c1ccc(Br)s1. The van der Waals surface area contributed by atoms with Gasteiger partial charge in [-0.2, -0.15) is 4.31 Å². The summed E-state index contributed by atoms with van der Waals surface area (Å²) >= 11 is 4.52. The van der Waals surface area contributed by atoms with Crippen molar-refractivity contribution < 1.29 is 13.2 Å². The van der Waals surface area contributed by atoms with Gasteiger partial charge in [0.15, 0.2) is 0 Å². The minimum absolute atomic E-state index is 0.113. The van der Waals surface area contributed by atoms with Gasteiger partial charge in [-0.25, -0.2) is 8.42 Å². The molecular weight excluding hydrogens is 386 g/mol. The molecule has 1 atom stereocenters. The van der Waals surface area contributed by atoms with Crippen LogP contribution in [0.5, 0.6) is 0 Å². The first-order valence-corrected chi connectivity index (χ1v) is 9.92. The van der Waals surface area contributed by atoms with Gasteiger partial charge in [0.2, 0.25) is 0 Å². The normalized spacial score (nSPS) is 18.4. The highest BCUT2D eigenvalue weighted by Gasteiger charge is 2.27. The van der Waals surface area contributed by atoms with Crippen LogP contribution < -0.4 is 0 Å². The van der Waals surface area contributed by atoms with Crippen LogP contribution in [0.2, 0.25) is 0 Å². The molecule has 1 aliphatic rings. The third-order valence-electron chi connectivity index (χ3n) is 3.71. The number of rotatable bonds is 4. The fraction of sp³-hybridized carbons (Fsp3) is 0.333. The maximum absolute atomic E-state index is 12.5. The van der Waals surface area contributed by atoms with Crippen LogP contribution in [-0.4, -0.2) is 32.4 Å². The highest BCUT2D eigenvalue weighted by molar-refractivity contribution is 9.11. The first-order chi connectivity index (χ1) is 10.5. The molecule has 3 rings (SSSR count). The summed E-state index contributed by atoms with van der Waals surface area (Å²) in [7, 11) is -1.85. The Labute approximate surface area is 142 Å². The molecule has 0 N–H and O–H groups in total. The monoisotopic (exact) mass is 401 g/mol. The summed E-state index contributed by atoms with van der Waals surface area (Å²) in [5.74, 6) is 0. The molecule has 7 heteroatoms. The molecule has 1 aliphatic heterocycles. The Morgan fingerprint density at radius 2 is 2.00 bits per heavy atom. The summed E-state index contributed by atoms with van der Waals surface area (Å²) in [5, 5.41) is 0. The lowest BCUT2D eigenvalue weighted by Crippen LogP contribution is -2.38. The molecule has 0 saturated heterocycles. The number of ether oxygens (including phenoxy) is 1. The van der Waals surface area contributed by atoms with Gasteiger partial charge in [-0.05, 0) is 39.2 Å². The Bertz CT molecular complexity index is 773. The van der Waals surface area contributed by atoms with E-state index in [1.165, 1.54) is 26.8 Å². The molecule has 1 aromatic carbocycles. The van der Waals surface area contributed by atoms with Gasteiger partial charge in [0.05, 0.1) is 16.5 Å². The third-order valence-corrected chi connectivity index (χ3v) is 7.63. The van der Waals surface area contributed by atoms with Crippen molar-refractivity contribution in [2.24, 2.45) is 0 Å². The van der Waals surface area contributed by atoms with Crippen LogP contribution in [0.1, 0.15) is 11.1 Å². The van der Waals surface area contributed by atoms with Gasteiger partial charge in [-0.1, -0.05) is 24.3 Å². The van der Waals surface area contributed by atoms with Crippen LogP contribution in [0.3, 0.4) is 0 Å². The van der Waals surface area contributed by atoms with Gasteiger partial charge in [0, 0.05) is 20.0 Å². The molecule has 22 heavy (non-hydrogen) atoms. The number of thiophene rings is 1. The van der Waals surface area contributed by atoms with E-state index >= 15 is 0 Å². The first kappa shape index (κ1) is 16.1. The summed E-state index contributed by atoms with van der Waals surface area (Å²) in [6.45, 7) is 0.894. The summed E-state index contributed by atoms with van der Waals surface area (Å²) in [6.07, 6.45) is 0.627. The number of hydrogen-bond acceptors (Lipinski definition) is 4. The lowest BCUT2D eigenvalue weighted by atomic mass is 9.99. The van der Waals surface area contributed by atoms with Gasteiger partial charge in [-0.3, -0.25) is 0 Å². The Balaban J connectivity index is 1.71. The van der Waals surface area contributed by atoms with Gasteiger partial charge < -0.3 is 4.74 Å². The van der Waals surface area contributed by atoms with E-state index in [-0.39, 0.29) is 6.10 Å². The summed E-state index contributed by atoms with van der Waals surface area (Å²) in [4.78, 5) is 0. The number of hydrogen-bond donors (Lipinski definition) is 0. The molecule has 0 radical (unpaired) electrons. The van der Waals surface area contributed by atoms with E-state index in [4.69, 9.17) is 4.74 Å². The van der Waals surface area contributed by atoms with Crippen molar-refractivity contribution >= 4 is 37.3 Å². The zero-order chi connectivity index (χ0) is 15.7. The quantitative estimate of drug-likeness (QED) is 0.789. The lowest BCUT2D eigenvalue weighted by Gasteiger charge is -2.28. The number of likely N-dealkylation sites (N-methyl/N-ethyl adjacent to an activating group) is 1. The largest absolute Gasteiger partial charge is 0.372 e. The van der Waals surface area contributed by atoms with Crippen molar-refractivity contribution in [2.45, 2.75) is 23.3 Å². The third kappa shape index (κ3) is 3.28. The van der Waals surface area contributed by atoms with E-state index in [0.717, 1.165) is 10.2 Å². The molecule has 0 aliphatic carbocycles. The fourth-order valence-electron chi connectivity index (χ4n) is 2.50. The second kappa shape index (κ2) is 6.41. The van der Waals surface area contributed by atoms with Crippen molar-refractivity contribution in [2.75, 3.05) is 13.6 Å². The average Bonchev–Trinajstić information content (AvgIpc) is 2.94. The Hall–Kier alpha value is -0.730. The van der Waals surface area contributed by atoms with Gasteiger partial charge in [-0.15, -0.1) is 11.3 Å². The number of benzene rings is 1. The topological polar surface area (TPSA) is 46.6 Å². The van der Waals surface area contributed by atoms with E-state index in [1.807, 2.05) is 12.1 Å². The summed E-state index contributed by atoms with van der Waals surface area (Å²) in [6, 6.07) is 11.5. The molecular formula is C15H16BrNO3S2. The molecule has 0 amide bonds. The Kier molecular flexibility index (Phi) is 4.70. The second-order valence-electron chi connectivity index (χ2n) is 5.25. The molecule has 118 valence electrons. The van der Waals surface area contributed by atoms with Crippen LogP contribution in [-0.2, 0) is 27.8 Å². The molecule has 2 aromatic rings. The lowest BCUT2D eigenvalue weighted by molar-refractivity contribution is 0.0202. The van der Waals surface area contributed by atoms with Crippen LogP contribution in [0.15, 0.2) is 44.4 Å². The van der Waals surface area contributed by atoms with E-state index in [0.29, 0.717) is 17.4 Å². The molecule has 0 saturated carbocycles. The molecule has 1 unspecified atom stereocenters. The van der Waals surface area contributed by atoms with Crippen molar-refractivity contribution in [1.29, 1.82) is 0 Å². The smallest absolute Gasteiger partial charge is 0.252 e. The number of halogens is 1. The minimum atomic E-state index is -3.45. The maximum Gasteiger partial charge on any atom is 0.252 e. The van der Waals surface area contributed by atoms with E-state index in [9.17, 15) is 8.42 Å². The van der Waals surface area contributed by atoms with Crippen molar-refractivity contribution in [3.8, 4) is 0 Å². The average molecular weight is 402 g/mol. The number of sulfonamides is 1. The zero-order valence-electron chi connectivity index (χ0n) is 12.0. The van der Waals surface area contributed by atoms with Gasteiger partial charge >= 0.3 is 0 Å². The molecule has 1 aromatic heterocycles. The predicted octanol–water partition coefficient (Wildman–Crippen LogP) is 3.27. The first-order valence-electron chi connectivity index (χ1n) is 6.87. The highest BCUT2D eigenvalue weighted by atomic mass is 79.9. The molecule has 4 nitrogen and oxygen atoms in total. The van der Waals surface area contributed by atoms with Crippen LogP contribution in [0.25, 0.3) is 0 Å². The van der Waals surface area contributed by atoms with Gasteiger partial charge in [0.1, 0.15) is 4.21 Å². The Morgan fingerprint density at radius 1 is 1.27 bits per heavy atom. The van der Waals surface area contributed by atoms with E-state index in [1.54, 1.807) is 19.2 Å². The van der Waals surface area contributed by atoms with Crippen LogP contribution >= 0.6 is 27.3 Å². The molecule has 2 heterocycles. The Morgan fingerprint density at radius 3 is 2.68 bits per heavy atom. The zero-order valence-corrected chi connectivity index (χ0v) is 15.2. The summed E-state index contributed by atoms with van der Waals surface area (Å²) in [5.41, 5.74) is 2.43. The predicted molar refractivity (Wildman–Crippen MR) is 90.6 cm³/mol. The molecule has 0 fully saturated rings. The highest BCUT2D eigenvalue weighted by Crippen LogP contribution is 2.29. The maximum atomic E-state index is 12.5. The van der Waals surface area contributed by atoms with Gasteiger partial charge in [0.25, 0.3) is 10.0 Å². The van der Waals surface area contributed by atoms with Crippen molar-refractivity contribution in [3.63, 3.8) is 0 Å². The second-order valence-corrected chi connectivity index (χ2v) is 9.98. The standard InChI is InChI=1S/C15H16BrNO3S2/c1-17(22(18,19)15-7-6-14(16)21-15)9-13-8-11-4-2-3-5-12(11)10-20-13/h2-7,13H,8-10H2,1H3. The molecule has 0 spiro atoms. The summed E-state index contributed by atoms with van der Waals surface area (Å²) < 4.78 is 33.4. The minimum Gasteiger partial charge on any atom is -0.372 e. The van der Waals surface area contributed by atoms with Crippen molar-refractivity contribution in [3.05, 3.63) is 51.3 Å². The molecule has 0 bridgehead atoms. The van der Waals surface area contributed by atoms with E-state index in [2.05, 4.69) is 28.1 Å². The van der Waals surface area contributed by atoms with Crippen LogP contribution in [0.4, 0.5) is 0 Å². The van der Waals surface area contributed by atoms with Crippen molar-refractivity contribution in [1.82, 2.24) is 4.31 Å². The fourth-order valence-corrected chi connectivity index (χ4v) is 5.92. The number of fused-ring (bicyclic) bond motifs is 1. The van der Waals surface area contributed by atoms with Crippen LogP contribution in [0, 0.1) is 0 Å². The number of nitrogens with zero attached hydrogens (tertiary/aromatic N) is 1. The van der Waals surface area contributed by atoms with E-state index < -0.39 is 10.0 Å².